The number of amides is 1. The first-order chi connectivity index (χ1) is 10.5. The largest absolute Gasteiger partial charge is 0.509 e. The van der Waals surface area contributed by atoms with Gasteiger partial charge in [-0.2, -0.15) is 0 Å². The van der Waals surface area contributed by atoms with Crippen molar-refractivity contribution in [3.05, 3.63) is 35.1 Å². The van der Waals surface area contributed by atoms with Gasteiger partial charge in [-0.05, 0) is 61.8 Å². The monoisotopic (exact) mass is 301 g/mol. The lowest BCUT2D eigenvalue weighted by molar-refractivity contribution is -0.116. The van der Waals surface area contributed by atoms with Crippen molar-refractivity contribution in [2.75, 3.05) is 7.11 Å². The third-order valence-corrected chi connectivity index (χ3v) is 5.10. The van der Waals surface area contributed by atoms with Gasteiger partial charge in [0.15, 0.2) is 0 Å². The summed E-state index contributed by atoms with van der Waals surface area (Å²) in [6, 6.07) is 5.56. The molecule has 2 N–H and O–H groups in total. The Labute approximate surface area is 131 Å². The number of benzene rings is 1. The summed E-state index contributed by atoms with van der Waals surface area (Å²) in [6.45, 7) is 4.15. The molecule has 0 radical (unpaired) electrons. The van der Waals surface area contributed by atoms with Gasteiger partial charge < -0.3 is 15.2 Å². The molecule has 4 nitrogen and oxygen atoms in total. The maximum atomic E-state index is 12.5. The van der Waals surface area contributed by atoms with Gasteiger partial charge in [0.1, 0.15) is 11.5 Å². The summed E-state index contributed by atoms with van der Waals surface area (Å²) in [4.78, 5) is 12.5. The Bertz CT molecular complexity index is 640. The number of ether oxygens (including phenoxy) is 1. The molecule has 1 fully saturated rings. The number of aliphatic hydroxyl groups is 1. The third kappa shape index (κ3) is 2.27. The van der Waals surface area contributed by atoms with E-state index >= 15 is 0 Å². The lowest BCUT2D eigenvalue weighted by Gasteiger charge is -2.36. The van der Waals surface area contributed by atoms with Gasteiger partial charge in [0, 0.05) is 0 Å². The molecule has 1 aromatic carbocycles. The number of aliphatic hydroxyl groups excluding tert-OH is 1. The van der Waals surface area contributed by atoms with Crippen molar-refractivity contribution in [2.45, 2.75) is 45.1 Å². The minimum absolute atomic E-state index is 0.166. The van der Waals surface area contributed by atoms with E-state index in [-0.39, 0.29) is 11.7 Å². The smallest absolute Gasteiger partial charge is 0.256 e. The summed E-state index contributed by atoms with van der Waals surface area (Å²) in [7, 11) is 1.62. The van der Waals surface area contributed by atoms with Crippen LogP contribution in [0.2, 0.25) is 0 Å². The summed E-state index contributed by atoms with van der Waals surface area (Å²) in [5, 5.41) is 13.8. The fourth-order valence-electron chi connectivity index (χ4n) is 3.60. The van der Waals surface area contributed by atoms with E-state index in [1.165, 1.54) is 0 Å². The van der Waals surface area contributed by atoms with Crippen LogP contribution in [0.3, 0.4) is 0 Å². The van der Waals surface area contributed by atoms with E-state index in [1.807, 2.05) is 25.1 Å². The quantitative estimate of drug-likeness (QED) is 0.880. The van der Waals surface area contributed by atoms with Crippen LogP contribution in [0.25, 0.3) is 5.57 Å². The van der Waals surface area contributed by atoms with Crippen LogP contribution in [0.5, 0.6) is 5.75 Å². The molecule has 0 saturated heterocycles. The molecule has 0 aromatic heterocycles. The number of methoxy groups -OCH3 is 1. The van der Waals surface area contributed by atoms with Crippen molar-refractivity contribution >= 4 is 11.5 Å². The van der Waals surface area contributed by atoms with Gasteiger partial charge in [0.25, 0.3) is 5.91 Å². The molecule has 2 aliphatic rings. The minimum atomic E-state index is -0.550. The van der Waals surface area contributed by atoms with E-state index in [0.717, 1.165) is 42.6 Å². The van der Waals surface area contributed by atoms with E-state index in [9.17, 15) is 9.90 Å². The predicted octanol–water partition coefficient (Wildman–Crippen LogP) is 3.35. The minimum Gasteiger partial charge on any atom is -0.509 e. The van der Waals surface area contributed by atoms with Crippen LogP contribution < -0.4 is 10.1 Å². The van der Waals surface area contributed by atoms with E-state index in [0.29, 0.717) is 11.5 Å². The number of aryl methyl sites for hydroxylation is 1. The van der Waals surface area contributed by atoms with Gasteiger partial charge in [-0.3, -0.25) is 4.79 Å². The number of carbonyl (C=O) groups excluding carboxylic acids is 1. The van der Waals surface area contributed by atoms with Crippen molar-refractivity contribution in [3.8, 4) is 5.75 Å². The normalized spacial score (nSPS) is 28.1. The average Bonchev–Trinajstić information content (AvgIpc) is 2.74. The number of rotatable bonds is 2. The van der Waals surface area contributed by atoms with Gasteiger partial charge in [0.05, 0.1) is 18.2 Å². The Morgan fingerprint density at radius 2 is 2.00 bits per heavy atom. The topological polar surface area (TPSA) is 58.6 Å². The zero-order valence-electron chi connectivity index (χ0n) is 13.4. The molecule has 0 atom stereocenters. The van der Waals surface area contributed by atoms with Crippen LogP contribution >= 0.6 is 0 Å². The molecular formula is C18H23NO3. The fraction of sp³-hybridized carbons (Fsp3) is 0.500. The molecule has 1 amide bonds. The second kappa shape index (κ2) is 5.34. The van der Waals surface area contributed by atoms with E-state index in [4.69, 9.17) is 4.74 Å². The van der Waals surface area contributed by atoms with Gasteiger partial charge >= 0.3 is 0 Å². The van der Waals surface area contributed by atoms with Crippen molar-refractivity contribution < 1.29 is 14.6 Å². The molecule has 1 spiro atoms. The Balaban J connectivity index is 2.02. The standard InChI is InChI=1S/C18H23NO3/c1-11-6-8-18(9-7-11)16(20)15(17(21)19-18)14-5-4-13(22-3)10-12(14)2/h4-5,10-11,20H,6-9H2,1-3H3,(H,19,21). The van der Waals surface area contributed by atoms with Crippen LogP contribution in [0.4, 0.5) is 0 Å². The van der Waals surface area contributed by atoms with Crippen molar-refractivity contribution in [3.63, 3.8) is 0 Å². The molecule has 0 bridgehead atoms. The summed E-state index contributed by atoms with van der Waals surface area (Å²) >= 11 is 0. The van der Waals surface area contributed by atoms with E-state index in [2.05, 4.69) is 12.2 Å². The first-order valence-electron chi connectivity index (χ1n) is 7.88. The molecule has 1 saturated carbocycles. The van der Waals surface area contributed by atoms with Crippen molar-refractivity contribution in [1.29, 1.82) is 0 Å². The third-order valence-electron chi connectivity index (χ3n) is 5.10. The molecule has 1 aromatic rings. The molecule has 22 heavy (non-hydrogen) atoms. The van der Waals surface area contributed by atoms with Crippen LogP contribution in [0.1, 0.15) is 43.7 Å². The fourth-order valence-corrected chi connectivity index (χ4v) is 3.60. The van der Waals surface area contributed by atoms with Crippen LogP contribution in [0, 0.1) is 12.8 Å². The van der Waals surface area contributed by atoms with Crippen molar-refractivity contribution in [1.82, 2.24) is 5.32 Å². The molecule has 118 valence electrons. The summed E-state index contributed by atoms with van der Waals surface area (Å²) in [5.74, 6) is 1.46. The molecule has 3 rings (SSSR count). The number of hydrogen-bond acceptors (Lipinski definition) is 3. The van der Waals surface area contributed by atoms with Gasteiger partial charge in [-0.25, -0.2) is 0 Å². The highest BCUT2D eigenvalue weighted by Gasteiger charge is 2.47. The molecule has 1 aliphatic carbocycles. The van der Waals surface area contributed by atoms with Crippen LogP contribution in [-0.4, -0.2) is 23.7 Å². The van der Waals surface area contributed by atoms with E-state index in [1.54, 1.807) is 7.11 Å². The Kier molecular flexibility index (Phi) is 3.63. The first-order valence-corrected chi connectivity index (χ1v) is 7.88. The molecule has 1 heterocycles. The molecule has 0 unspecified atom stereocenters. The maximum absolute atomic E-state index is 12.5. The first kappa shape index (κ1) is 14.9. The summed E-state index contributed by atoms with van der Waals surface area (Å²) < 4.78 is 5.21. The zero-order chi connectivity index (χ0) is 15.9. The Hall–Kier alpha value is -1.97. The van der Waals surface area contributed by atoms with Gasteiger partial charge in [-0.1, -0.05) is 13.0 Å². The number of carbonyl (C=O) groups is 1. The maximum Gasteiger partial charge on any atom is 0.256 e. The lowest BCUT2D eigenvalue weighted by Crippen LogP contribution is -2.47. The van der Waals surface area contributed by atoms with Crippen LogP contribution in [-0.2, 0) is 4.79 Å². The SMILES string of the molecule is COc1ccc(C2=C(O)C3(CCC(C)CC3)NC2=O)c(C)c1. The summed E-state index contributed by atoms with van der Waals surface area (Å²) in [6.07, 6.45) is 3.67. The average molecular weight is 301 g/mol. The zero-order valence-corrected chi connectivity index (χ0v) is 13.4. The highest BCUT2D eigenvalue weighted by molar-refractivity contribution is 6.23. The highest BCUT2D eigenvalue weighted by atomic mass is 16.5. The van der Waals surface area contributed by atoms with Gasteiger partial charge in [-0.15, -0.1) is 0 Å². The second-order valence-corrected chi connectivity index (χ2v) is 6.62. The molecule has 4 heteroatoms. The van der Waals surface area contributed by atoms with Crippen LogP contribution in [0.15, 0.2) is 24.0 Å². The second-order valence-electron chi connectivity index (χ2n) is 6.62. The summed E-state index contributed by atoms with van der Waals surface area (Å²) in [5.41, 5.74) is 1.59. The van der Waals surface area contributed by atoms with E-state index < -0.39 is 5.54 Å². The predicted molar refractivity (Wildman–Crippen MR) is 85.8 cm³/mol. The molecular weight excluding hydrogens is 278 g/mol. The molecule has 1 aliphatic heterocycles. The Morgan fingerprint density at radius 1 is 1.32 bits per heavy atom. The van der Waals surface area contributed by atoms with Crippen molar-refractivity contribution in [2.24, 2.45) is 5.92 Å². The number of nitrogens with one attached hydrogen (secondary N) is 1. The Morgan fingerprint density at radius 3 is 2.59 bits per heavy atom. The number of hydrogen-bond donors (Lipinski definition) is 2. The highest BCUT2D eigenvalue weighted by Crippen LogP contribution is 2.43. The lowest BCUT2D eigenvalue weighted by atomic mass is 9.76. The van der Waals surface area contributed by atoms with Gasteiger partial charge in [0.2, 0.25) is 0 Å².